The molecule has 0 aromatic heterocycles. The van der Waals surface area contributed by atoms with Gasteiger partial charge in [0.1, 0.15) is 0 Å². The molecule has 1 saturated heterocycles. The number of cyclic esters (lactones) is 1. The molecule has 0 aromatic rings. The van der Waals surface area contributed by atoms with Crippen LogP contribution in [0.15, 0.2) is 34.9 Å². The van der Waals surface area contributed by atoms with E-state index in [-0.39, 0.29) is 18.1 Å². The summed E-state index contributed by atoms with van der Waals surface area (Å²) in [7, 11) is 0. The van der Waals surface area contributed by atoms with Crippen LogP contribution in [0.5, 0.6) is 0 Å². The van der Waals surface area contributed by atoms with E-state index in [4.69, 9.17) is 16.3 Å². The second-order valence-corrected chi connectivity index (χ2v) is 9.46. The summed E-state index contributed by atoms with van der Waals surface area (Å²) in [6, 6.07) is 0.541. The van der Waals surface area contributed by atoms with Crippen LogP contribution in [0.4, 0.5) is 0 Å². The summed E-state index contributed by atoms with van der Waals surface area (Å²) < 4.78 is 5.50. The zero-order chi connectivity index (χ0) is 19.7. The molecule has 2 fully saturated rings. The molecule has 4 nitrogen and oxygen atoms in total. The first kappa shape index (κ1) is 20.2. The maximum absolute atomic E-state index is 12.7. The molecule has 4 aliphatic rings. The van der Waals surface area contributed by atoms with Crippen molar-refractivity contribution in [3.8, 4) is 0 Å². The molecule has 2 bridgehead atoms. The molecule has 5 atom stereocenters. The zero-order valence-electron chi connectivity index (χ0n) is 16.8. The summed E-state index contributed by atoms with van der Waals surface area (Å²) in [5.41, 5.74) is 0.979. The fourth-order valence-electron chi connectivity index (χ4n) is 6.10. The minimum Gasteiger partial charge on any atom is -0.462 e. The Kier molecular flexibility index (Phi) is 6.01. The van der Waals surface area contributed by atoms with Gasteiger partial charge < -0.3 is 9.84 Å². The van der Waals surface area contributed by atoms with Gasteiger partial charge in [0.05, 0.1) is 12.7 Å². The van der Waals surface area contributed by atoms with Gasteiger partial charge in [-0.05, 0) is 50.0 Å². The molecule has 3 heterocycles. The molecule has 0 aromatic carbocycles. The van der Waals surface area contributed by atoms with E-state index in [1.165, 1.54) is 38.5 Å². The molecule has 0 unspecified atom stereocenters. The van der Waals surface area contributed by atoms with Crippen molar-refractivity contribution in [1.82, 2.24) is 4.90 Å². The Morgan fingerprint density at radius 3 is 2.86 bits per heavy atom. The standard InChI is InChI=1S/C23H32ClNO3/c1-16-6-9-20(26)14-18(24)10-13-28-22(27)17-7-8-19-4-2-11-23(25(19)15-17)12-3-5-21(16)23/h6-7,9,14,16,19-21,26H,2-5,8,10-13,15H2,1H3/b9-6?,18-14+/t16-,19+,20+,21+,23+/m0/s1. The van der Waals surface area contributed by atoms with Crippen LogP contribution in [0, 0.1) is 11.8 Å². The fraction of sp³-hybridized carbons (Fsp3) is 0.696. The Morgan fingerprint density at radius 2 is 2.04 bits per heavy atom. The van der Waals surface area contributed by atoms with Gasteiger partial charge in [0.15, 0.2) is 0 Å². The summed E-state index contributed by atoms with van der Waals surface area (Å²) in [5, 5.41) is 10.8. The lowest BCUT2D eigenvalue weighted by atomic mass is 9.70. The van der Waals surface area contributed by atoms with Crippen LogP contribution >= 0.6 is 11.6 Å². The first-order valence-electron chi connectivity index (χ1n) is 10.8. The van der Waals surface area contributed by atoms with Crippen LogP contribution in [0.2, 0.25) is 0 Å². The largest absolute Gasteiger partial charge is 0.462 e. The maximum Gasteiger partial charge on any atom is 0.335 e. The average molecular weight is 406 g/mol. The molecule has 3 aliphatic heterocycles. The minimum absolute atomic E-state index is 0.172. The third kappa shape index (κ3) is 3.83. The van der Waals surface area contributed by atoms with Gasteiger partial charge in [-0.3, -0.25) is 4.90 Å². The molecular formula is C23H32ClNO3. The average Bonchev–Trinajstić information content (AvgIpc) is 3.09. The SMILES string of the molecule is C[C@H]1C=C[C@@H](O)/C=C(/Cl)CCOC(=O)C2=CC[C@H]3CCC[C@]4(CCC[C@H]14)N3C2. The van der Waals surface area contributed by atoms with Crippen molar-refractivity contribution in [3.05, 3.63) is 34.9 Å². The Hall–Kier alpha value is -1.10. The third-order valence-corrected chi connectivity index (χ3v) is 7.70. The van der Waals surface area contributed by atoms with Crippen molar-refractivity contribution >= 4 is 17.6 Å². The normalized spacial score (nSPS) is 41.8. The van der Waals surface area contributed by atoms with E-state index in [9.17, 15) is 9.90 Å². The number of carbonyl (C=O) groups is 1. The van der Waals surface area contributed by atoms with Crippen molar-refractivity contribution < 1.29 is 14.6 Å². The molecule has 28 heavy (non-hydrogen) atoms. The summed E-state index contributed by atoms with van der Waals surface area (Å²) >= 11 is 6.22. The van der Waals surface area contributed by atoms with Gasteiger partial charge in [0.25, 0.3) is 0 Å². The Morgan fingerprint density at radius 1 is 1.25 bits per heavy atom. The highest BCUT2D eigenvalue weighted by molar-refractivity contribution is 6.29. The number of nitrogens with zero attached hydrogens (tertiary/aromatic N) is 1. The van der Waals surface area contributed by atoms with E-state index in [2.05, 4.69) is 24.0 Å². The van der Waals surface area contributed by atoms with Crippen molar-refractivity contribution in [2.24, 2.45) is 11.8 Å². The zero-order valence-corrected chi connectivity index (χ0v) is 17.5. The number of aliphatic hydroxyl groups excluding tert-OH is 1. The van der Waals surface area contributed by atoms with E-state index in [1.807, 2.05) is 6.08 Å². The topological polar surface area (TPSA) is 49.8 Å². The van der Waals surface area contributed by atoms with Gasteiger partial charge in [-0.15, -0.1) is 0 Å². The predicted octanol–water partition coefficient (Wildman–Crippen LogP) is 4.33. The van der Waals surface area contributed by atoms with Crippen molar-refractivity contribution in [1.29, 1.82) is 0 Å². The first-order chi connectivity index (χ1) is 13.5. The second kappa shape index (κ2) is 8.33. The molecule has 1 aliphatic carbocycles. The van der Waals surface area contributed by atoms with Crippen molar-refractivity contribution in [2.45, 2.75) is 76.0 Å². The molecule has 5 heteroatoms. The number of carbonyl (C=O) groups excluding carboxylic acids is 1. The number of allylic oxidation sites excluding steroid dienone is 1. The Bertz CT molecular complexity index is 700. The van der Waals surface area contributed by atoms with Gasteiger partial charge >= 0.3 is 5.97 Å². The Balaban J connectivity index is 1.69. The van der Waals surface area contributed by atoms with E-state index < -0.39 is 6.10 Å². The smallest absolute Gasteiger partial charge is 0.335 e. The minimum atomic E-state index is -0.700. The number of hydrogen-bond acceptors (Lipinski definition) is 4. The third-order valence-electron chi connectivity index (χ3n) is 7.39. The number of hydrogen-bond donors (Lipinski definition) is 1. The Labute approximate surface area is 173 Å². The van der Waals surface area contributed by atoms with Gasteiger partial charge in [-0.25, -0.2) is 4.79 Å². The van der Waals surface area contributed by atoms with Crippen LogP contribution < -0.4 is 0 Å². The molecule has 4 rings (SSSR count). The van der Waals surface area contributed by atoms with E-state index in [0.717, 1.165) is 12.0 Å². The van der Waals surface area contributed by atoms with Crippen LogP contribution in [0.25, 0.3) is 0 Å². The summed E-state index contributed by atoms with van der Waals surface area (Å²) in [5.74, 6) is 0.730. The van der Waals surface area contributed by atoms with E-state index in [1.54, 1.807) is 6.08 Å². The molecule has 1 spiro atoms. The molecule has 0 amide bonds. The fourth-order valence-corrected chi connectivity index (χ4v) is 6.30. The quantitative estimate of drug-likeness (QED) is 0.481. The number of ether oxygens (including phenoxy) is 1. The lowest BCUT2D eigenvalue weighted by molar-refractivity contribution is -0.140. The highest BCUT2D eigenvalue weighted by Gasteiger charge is 2.52. The van der Waals surface area contributed by atoms with Crippen molar-refractivity contribution in [3.63, 3.8) is 0 Å². The lowest BCUT2D eigenvalue weighted by Gasteiger charge is -2.55. The number of fused-ring (bicyclic) bond motifs is 1. The highest BCUT2D eigenvalue weighted by Crippen LogP contribution is 2.52. The van der Waals surface area contributed by atoms with Crippen LogP contribution in [-0.4, -0.2) is 46.8 Å². The van der Waals surface area contributed by atoms with Crippen LogP contribution in [0.1, 0.15) is 58.3 Å². The maximum atomic E-state index is 12.7. The number of halogens is 1. The molecule has 1 saturated carbocycles. The molecule has 0 radical (unpaired) electrons. The summed E-state index contributed by atoms with van der Waals surface area (Å²) in [6.07, 6.45) is 15.8. The number of aliphatic hydroxyl groups is 1. The van der Waals surface area contributed by atoms with Crippen LogP contribution in [0.3, 0.4) is 0 Å². The van der Waals surface area contributed by atoms with Crippen molar-refractivity contribution in [2.75, 3.05) is 13.2 Å². The molecule has 154 valence electrons. The molecular weight excluding hydrogens is 374 g/mol. The summed E-state index contributed by atoms with van der Waals surface area (Å²) in [6.45, 7) is 3.24. The number of piperidine rings is 1. The molecule has 1 N–H and O–H groups in total. The van der Waals surface area contributed by atoms with Gasteiger partial charge in [-0.2, -0.15) is 0 Å². The predicted molar refractivity (Wildman–Crippen MR) is 111 cm³/mol. The first-order valence-corrected chi connectivity index (χ1v) is 11.2. The van der Waals surface area contributed by atoms with Crippen LogP contribution in [-0.2, 0) is 9.53 Å². The monoisotopic (exact) mass is 405 g/mol. The highest BCUT2D eigenvalue weighted by atomic mass is 35.5. The van der Waals surface area contributed by atoms with Gasteiger partial charge in [0.2, 0.25) is 0 Å². The second-order valence-electron chi connectivity index (χ2n) is 8.98. The summed E-state index contributed by atoms with van der Waals surface area (Å²) in [4.78, 5) is 15.3. The van der Waals surface area contributed by atoms with E-state index >= 15 is 0 Å². The van der Waals surface area contributed by atoms with Gasteiger partial charge in [-0.1, -0.05) is 49.6 Å². The van der Waals surface area contributed by atoms with E-state index in [0.29, 0.717) is 35.9 Å². The van der Waals surface area contributed by atoms with Gasteiger partial charge in [0, 0.05) is 35.2 Å². The lowest BCUT2D eigenvalue weighted by Crippen LogP contribution is -2.61. The number of rotatable bonds is 0. The number of esters is 1.